The van der Waals surface area contributed by atoms with Crippen LogP contribution in [0.4, 0.5) is 11.4 Å². The first kappa shape index (κ1) is 17.3. The molecule has 1 saturated heterocycles. The molecule has 0 spiro atoms. The molecule has 1 fully saturated rings. The molecule has 0 unspecified atom stereocenters. The van der Waals surface area contributed by atoms with Crippen LogP contribution in [0.15, 0.2) is 60.7 Å². The second-order valence-corrected chi connectivity index (χ2v) is 7.21. The molecule has 4 heteroatoms. The first-order valence-corrected chi connectivity index (χ1v) is 9.19. The average molecular weight is 358 g/mol. The van der Waals surface area contributed by atoms with Gasteiger partial charge < -0.3 is 10.2 Å². The number of rotatable bonds is 3. The Kier molecular flexibility index (Phi) is 4.40. The van der Waals surface area contributed by atoms with Crippen LogP contribution >= 0.6 is 0 Å². The summed E-state index contributed by atoms with van der Waals surface area (Å²) < 4.78 is 0. The fourth-order valence-corrected chi connectivity index (χ4v) is 3.67. The molecular weight excluding hydrogens is 336 g/mol. The van der Waals surface area contributed by atoms with Crippen LogP contribution in [0, 0.1) is 19.8 Å². The third kappa shape index (κ3) is 3.31. The maximum atomic E-state index is 12.8. The van der Waals surface area contributed by atoms with Gasteiger partial charge in [-0.3, -0.25) is 9.59 Å². The number of carbonyl (C=O) groups excluding carboxylic acids is 2. The molecule has 0 radical (unpaired) electrons. The van der Waals surface area contributed by atoms with Gasteiger partial charge in [0, 0.05) is 24.0 Å². The quantitative estimate of drug-likeness (QED) is 0.752. The van der Waals surface area contributed by atoms with Crippen molar-refractivity contribution in [3.05, 3.63) is 71.8 Å². The number of carbonyl (C=O) groups is 2. The maximum Gasteiger partial charge on any atom is 0.229 e. The summed E-state index contributed by atoms with van der Waals surface area (Å²) in [4.78, 5) is 27.2. The first-order chi connectivity index (χ1) is 13.0. The molecule has 2 amide bonds. The molecule has 1 atom stereocenters. The van der Waals surface area contributed by atoms with Crippen LogP contribution in [0.1, 0.15) is 17.5 Å². The minimum absolute atomic E-state index is 0.00697. The Morgan fingerprint density at radius 2 is 1.81 bits per heavy atom. The molecule has 27 heavy (non-hydrogen) atoms. The molecule has 136 valence electrons. The van der Waals surface area contributed by atoms with Crippen molar-refractivity contribution in [1.29, 1.82) is 0 Å². The number of hydrogen-bond acceptors (Lipinski definition) is 2. The highest BCUT2D eigenvalue weighted by molar-refractivity contribution is 6.08. The first-order valence-electron chi connectivity index (χ1n) is 9.19. The Morgan fingerprint density at radius 3 is 2.67 bits per heavy atom. The Hall–Kier alpha value is -3.14. The van der Waals surface area contributed by atoms with Crippen LogP contribution in [-0.4, -0.2) is 18.4 Å². The fourth-order valence-electron chi connectivity index (χ4n) is 3.67. The fraction of sp³-hybridized carbons (Fsp3) is 0.217. The van der Waals surface area contributed by atoms with Crippen LogP contribution in [-0.2, 0) is 9.59 Å². The highest BCUT2D eigenvalue weighted by Crippen LogP contribution is 2.32. The van der Waals surface area contributed by atoms with Gasteiger partial charge in [0.25, 0.3) is 0 Å². The van der Waals surface area contributed by atoms with E-state index in [2.05, 4.69) is 5.32 Å². The second kappa shape index (κ2) is 6.88. The lowest BCUT2D eigenvalue weighted by molar-refractivity contribution is -0.122. The monoisotopic (exact) mass is 358 g/mol. The van der Waals surface area contributed by atoms with E-state index < -0.39 is 0 Å². The van der Waals surface area contributed by atoms with E-state index >= 15 is 0 Å². The third-order valence-electron chi connectivity index (χ3n) is 5.20. The molecule has 4 nitrogen and oxygen atoms in total. The Morgan fingerprint density at radius 1 is 1.04 bits per heavy atom. The predicted octanol–water partition coefficient (Wildman–Crippen LogP) is 4.45. The van der Waals surface area contributed by atoms with Crippen molar-refractivity contribution >= 4 is 34.0 Å². The molecule has 0 aromatic heterocycles. The second-order valence-electron chi connectivity index (χ2n) is 7.21. The van der Waals surface area contributed by atoms with E-state index in [4.69, 9.17) is 0 Å². The van der Waals surface area contributed by atoms with E-state index in [1.165, 1.54) is 0 Å². The predicted molar refractivity (Wildman–Crippen MR) is 109 cm³/mol. The largest absolute Gasteiger partial charge is 0.326 e. The summed E-state index contributed by atoms with van der Waals surface area (Å²) in [7, 11) is 0. The number of fused-ring (bicyclic) bond motifs is 1. The summed E-state index contributed by atoms with van der Waals surface area (Å²) in [5.74, 6) is -0.455. The Labute approximate surface area is 158 Å². The van der Waals surface area contributed by atoms with Crippen molar-refractivity contribution in [1.82, 2.24) is 0 Å². The van der Waals surface area contributed by atoms with Gasteiger partial charge in [0.2, 0.25) is 11.8 Å². The highest BCUT2D eigenvalue weighted by Gasteiger charge is 2.35. The van der Waals surface area contributed by atoms with Gasteiger partial charge in [0.05, 0.1) is 11.6 Å². The van der Waals surface area contributed by atoms with Crippen LogP contribution in [0.3, 0.4) is 0 Å². The van der Waals surface area contributed by atoms with E-state index in [9.17, 15) is 9.59 Å². The minimum Gasteiger partial charge on any atom is -0.326 e. The Bertz CT molecular complexity index is 1040. The zero-order chi connectivity index (χ0) is 19.0. The van der Waals surface area contributed by atoms with E-state index in [1.807, 2.05) is 74.5 Å². The van der Waals surface area contributed by atoms with E-state index in [-0.39, 0.29) is 24.2 Å². The van der Waals surface area contributed by atoms with Crippen molar-refractivity contribution in [3.63, 3.8) is 0 Å². The number of amides is 2. The summed E-state index contributed by atoms with van der Waals surface area (Å²) in [5, 5.41) is 5.13. The SMILES string of the molecule is Cc1ccc(C)c(NC(=O)[C@@H]2CC(=O)N(c3cccc4ccccc34)C2)c1. The summed E-state index contributed by atoms with van der Waals surface area (Å²) in [6.45, 7) is 4.37. The molecular formula is C23H22N2O2. The lowest BCUT2D eigenvalue weighted by atomic mass is 10.1. The molecule has 0 saturated carbocycles. The van der Waals surface area contributed by atoms with Gasteiger partial charge in [-0.25, -0.2) is 0 Å². The minimum atomic E-state index is -0.351. The standard InChI is InChI=1S/C23H22N2O2/c1-15-10-11-16(2)20(12-15)24-23(27)18-13-22(26)25(14-18)21-9-5-7-17-6-3-4-8-19(17)21/h3-12,18H,13-14H2,1-2H3,(H,24,27)/t18-/m1/s1. The van der Waals surface area contributed by atoms with Crippen molar-refractivity contribution in [3.8, 4) is 0 Å². The van der Waals surface area contributed by atoms with Gasteiger partial charge in [0.15, 0.2) is 0 Å². The Balaban J connectivity index is 1.57. The zero-order valence-electron chi connectivity index (χ0n) is 15.5. The topological polar surface area (TPSA) is 49.4 Å². The van der Waals surface area contributed by atoms with E-state index in [0.717, 1.165) is 33.3 Å². The number of benzene rings is 3. The average Bonchev–Trinajstić information content (AvgIpc) is 3.06. The van der Waals surface area contributed by atoms with E-state index in [0.29, 0.717) is 6.54 Å². The lowest BCUT2D eigenvalue weighted by Crippen LogP contribution is -2.28. The molecule has 3 aromatic rings. The molecule has 0 aliphatic carbocycles. The number of hydrogen-bond donors (Lipinski definition) is 1. The van der Waals surface area contributed by atoms with E-state index in [1.54, 1.807) is 4.90 Å². The molecule has 1 N–H and O–H groups in total. The van der Waals surface area contributed by atoms with Crippen molar-refractivity contribution in [2.24, 2.45) is 5.92 Å². The van der Waals surface area contributed by atoms with Gasteiger partial charge in [-0.1, -0.05) is 48.5 Å². The number of anilines is 2. The molecule has 0 bridgehead atoms. The van der Waals surface area contributed by atoms with Crippen LogP contribution in [0.25, 0.3) is 10.8 Å². The molecule has 4 rings (SSSR count). The number of nitrogens with zero attached hydrogens (tertiary/aromatic N) is 1. The summed E-state index contributed by atoms with van der Waals surface area (Å²) in [6.07, 6.45) is 0.236. The van der Waals surface area contributed by atoms with Crippen LogP contribution in [0.2, 0.25) is 0 Å². The van der Waals surface area contributed by atoms with Crippen molar-refractivity contribution < 1.29 is 9.59 Å². The molecule has 1 heterocycles. The highest BCUT2D eigenvalue weighted by atomic mass is 16.2. The zero-order valence-corrected chi connectivity index (χ0v) is 15.5. The third-order valence-corrected chi connectivity index (χ3v) is 5.20. The number of aryl methyl sites for hydroxylation is 2. The van der Waals surface area contributed by atoms with Crippen LogP contribution < -0.4 is 10.2 Å². The van der Waals surface area contributed by atoms with Gasteiger partial charge in [-0.2, -0.15) is 0 Å². The smallest absolute Gasteiger partial charge is 0.229 e. The lowest BCUT2D eigenvalue weighted by Gasteiger charge is -2.19. The number of nitrogens with one attached hydrogen (secondary N) is 1. The summed E-state index contributed by atoms with van der Waals surface area (Å²) >= 11 is 0. The summed E-state index contributed by atoms with van der Waals surface area (Å²) in [5.41, 5.74) is 3.80. The van der Waals surface area contributed by atoms with Gasteiger partial charge in [-0.15, -0.1) is 0 Å². The molecule has 1 aliphatic rings. The molecule has 1 aliphatic heterocycles. The maximum absolute atomic E-state index is 12.8. The normalized spacial score (nSPS) is 16.7. The van der Waals surface area contributed by atoms with Gasteiger partial charge in [-0.05, 0) is 42.5 Å². The van der Waals surface area contributed by atoms with Crippen molar-refractivity contribution in [2.45, 2.75) is 20.3 Å². The molecule has 3 aromatic carbocycles. The van der Waals surface area contributed by atoms with Gasteiger partial charge >= 0.3 is 0 Å². The van der Waals surface area contributed by atoms with Crippen LogP contribution in [0.5, 0.6) is 0 Å². The van der Waals surface area contributed by atoms with Crippen molar-refractivity contribution in [2.75, 3.05) is 16.8 Å². The summed E-state index contributed by atoms with van der Waals surface area (Å²) in [6, 6.07) is 19.9. The van der Waals surface area contributed by atoms with Gasteiger partial charge in [0.1, 0.15) is 0 Å².